The molecule has 0 fully saturated rings. The summed E-state index contributed by atoms with van der Waals surface area (Å²) in [6, 6.07) is 8.72. The molecule has 0 atom stereocenters. The lowest BCUT2D eigenvalue weighted by molar-refractivity contribution is -0.137. The lowest BCUT2D eigenvalue weighted by Crippen LogP contribution is -2.07. The van der Waals surface area contributed by atoms with E-state index < -0.39 is 11.7 Å². The van der Waals surface area contributed by atoms with Crippen LogP contribution in [-0.4, -0.2) is 0 Å². The maximum Gasteiger partial charge on any atom is 0.416 e. The highest BCUT2D eigenvalue weighted by Crippen LogP contribution is 2.33. The van der Waals surface area contributed by atoms with Gasteiger partial charge in [0.05, 0.1) is 16.3 Å². The number of rotatable bonds is 3. The molecule has 0 saturated carbocycles. The van der Waals surface area contributed by atoms with Crippen LogP contribution in [0.25, 0.3) is 0 Å². The molecule has 106 valence electrons. The Balaban J connectivity index is 2.14. The van der Waals surface area contributed by atoms with Crippen molar-refractivity contribution in [3.63, 3.8) is 0 Å². The third kappa shape index (κ3) is 3.63. The lowest BCUT2D eigenvalue weighted by Gasteiger charge is -2.12. The maximum absolute atomic E-state index is 12.7. The van der Waals surface area contributed by atoms with Gasteiger partial charge in [-0.1, -0.05) is 23.7 Å². The van der Waals surface area contributed by atoms with Crippen molar-refractivity contribution in [2.24, 2.45) is 0 Å². The molecular weight excluding hydrogens is 294 g/mol. The van der Waals surface area contributed by atoms with Crippen LogP contribution in [0.4, 0.5) is 23.2 Å². The van der Waals surface area contributed by atoms with E-state index in [1.807, 2.05) is 0 Å². The number of benzene rings is 2. The smallest absolute Gasteiger partial charge is 0.380 e. The first-order valence-corrected chi connectivity index (χ1v) is 6.09. The average molecular weight is 304 g/mol. The van der Waals surface area contributed by atoms with E-state index >= 15 is 0 Å². The molecule has 2 rings (SSSR count). The topological polar surface area (TPSA) is 12.0 Å². The molecule has 0 aliphatic heterocycles. The van der Waals surface area contributed by atoms with Crippen LogP contribution in [-0.2, 0) is 12.7 Å². The Morgan fingerprint density at radius 3 is 2.25 bits per heavy atom. The highest BCUT2D eigenvalue weighted by atomic mass is 35.5. The predicted molar refractivity (Wildman–Crippen MR) is 70.2 cm³/mol. The SMILES string of the molecule is Fc1ccc(CNc2cc(C(F)(F)F)ccc2Cl)cc1. The molecule has 0 spiro atoms. The van der Waals surface area contributed by atoms with Crippen LogP contribution >= 0.6 is 11.6 Å². The molecule has 0 unspecified atom stereocenters. The van der Waals surface area contributed by atoms with Crippen LogP contribution in [0.5, 0.6) is 0 Å². The van der Waals surface area contributed by atoms with Gasteiger partial charge in [-0.05, 0) is 35.9 Å². The molecular formula is C14H10ClF4N. The standard InChI is InChI=1S/C14H10ClF4N/c15-12-6-3-10(14(17,18)19)7-13(12)20-8-9-1-4-11(16)5-2-9/h1-7,20H,8H2. The number of hydrogen-bond acceptors (Lipinski definition) is 1. The van der Waals surface area contributed by atoms with E-state index in [-0.39, 0.29) is 23.1 Å². The number of halogens is 5. The highest BCUT2D eigenvalue weighted by molar-refractivity contribution is 6.33. The molecule has 6 heteroatoms. The number of nitrogens with one attached hydrogen (secondary N) is 1. The second-order valence-electron chi connectivity index (χ2n) is 4.17. The zero-order valence-corrected chi connectivity index (χ0v) is 10.9. The van der Waals surface area contributed by atoms with Crippen LogP contribution in [0.3, 0.4) is 0 Å². The van der Waals surface area contributed by atoms with Gasteiger partial charge in [-0.3, -0.25) is 0 Å². The van der Waals surface area contributed by atoms with Crippen LogP contribution < -0.4 is 5.32 Å². The summed E-state index contributed by atoms with van der Waals surface area (Å²) in [5.74, 6) is -0.370. The van der Waals surface area contributed by atoms with Gasteiger partial charge in [0.25, 0.3) is 0 Å². The largest absolute Gasteiger partial charge is 0.416 e. The van der Waals surface area contributed by atoms with E-state index in [9.17, 15) is 17.6 Å². The third-order valence-corrected chi connectivity index (χ3v) is 3.02. The Labute approximate surface area is 118 Å². The van der Waals surface area contributed by atoms with Gasteiger partial charge in [0.1, 0.15) is 5.82 Å². The van der Waals surface area contributed by atoms with Crippen molar-refractivity contribution in [3.8, 4) is 0 Å². The fourth-order valence-corrected chi connectivity index (χ4v) is 1.82. The number of anilines is 1. The Hall–Kier alpha value is -1.75. The van der Waals surface area contributed by atoms with Gasteiger partial charge >= 0.3 is 6.18 Å². The van der Waals surface area contributed by atoms with E-state index in [2.05, 4.69) is 5.32 Å². The van der Waals surface area contributed by atoms with Gasteiger partial charge in [-0.2, -0.15) is 13.2 Å². The van der Waals surface area contributed by atoms with Gasteiger partial charge in [0, 0.05) is 6.54 Å². The Kier molecular flexibility index (Phi) is 4.18. The molecule has 0 heterocycles. The lowest BCUT2D eigenvalue weighted by atomic mass is 10.1. The summed E-state index contributed by atoms with van der Waals surface area (Å²) in [5.41, 5.74) is 0.147. The summed E-state index contributed by atoms with van der Waals surface area (Å²) in [7, 11) is 0. The number of hydrogen-bond donors (Lipinski definition) is 1. The Bertz CT molecular complexity index is 593. The molecule has 0 bridgehead atoms. The first-order valence-electron chi connectivity index (χ1n) is 5.71. The van der Waals surface area contributed by atoms with Crippen molar-refractivity contribution < 1.29 is 17.6 Å². The van der Waals surface area contributed by atoms with Crippen LogP contribution in [0, 0.1) is 5.82 Å². The van der Waals surface area contributed by atoms with E-state index in [4.69, 9.17) is 11.6 Å². The normalized spacial score (nSPS) is 11.4. The van der Waals surface area contributed by atoms with Gasteiger partial charge < -0.3 is 5.32 Å². The minimum Gasteiger partial charge on any atom is -0.380 e. The summed E-state index contributed by atoms with van der Waals surface area (Å²) >= 11 is 5.85. The van der Waals surface area contributed by atoms with Crippen molar-refractivity contribution in [1.29, 1.82) is 0 Å². The van der Waals surface area contributed by atoms with Crippen molar-refractivity contribution in [2.45, 2.75) is 12.7 Å². The van der Waals surface area contributed by atoms with Crippen LogP contribution in [0.15, 0.2) is 42.5 Å². The molecule has 0 radical (unpaired) electrons. The summed E-state index contributed by atoms with van der Waals surface area (Å²) in [6.45, 7) is 0.251. The molecule has 0 aliphatic carbocycles. The molecule has 1 nitrogen and oxygen atoms in total. The van der Waals surface area contributed by atoms with Crippen molar-refractivity contribution in [2.75, 3.05) is 5.32 Å². The van der Waals surface area contributed by atoms with Crippen molar-refractivity contribution in [1.82, 2.24) is 0 Å². The van der Waals surface area contributed by atoms with E-state index in [0.717, 1.165) is 17.7 Å². The molecule has 2 aromatic carbocycles. The van der Waals surface area contributed by atoms with Gasteiger partial charge in [0.15, 0.2) is 0 Å². The Morgan fingerprint density at radius 2 is 1.65 bits per heavy atom. The number of alkyl halides is 3. The van der Waals surface area contributed by atoms with Crippen molar-refractivity contribution in [3.05, 3.63) is 64.4 Å². The van der Waals surface area contributed by atoms with Crippen LogP contribution in [0.1, 0.15) is 11.1 Å². The molecule has 0 amide bonds. The van der Waals surface area contributed by atoms with Crippen LogP contribution in [0.2, 0.25) is 5.02 Å². The molecule has 0 aliphatic rings. The predicted octanol–water partition coefficient (Wildman–Crippen LogP) is 5.11. The molecule has 1 N–H and O–H groups in total. The Morgan fingerprint density at radius 1 is 1.00 bits per heavy atom. The quantitative estimate of drug-likeness (QED) is 0.777. The summed E-state index contributed by atoms with van der Waals surface area (Å²) < 4.78 is 50.5. The summed E-state index contributed by atoms with van der Waals surface area (Å²) in [4.78, 5) is 0. The zero-order valence-electron chi connectivity index (χ0n) is 10.1. The van der Waals surface area contributed by atoms with Crippen molar-refractivity contribution >= 4 is 17.3 Å². The monoisotopic (exact) mass is 303 g/mol. The molecule has 0 aromatic heterocycles. The fraction of sp³-hybridized carbons (Fsp3) is 0.143. The third-order valence-electron chi connectivity index (χ3n) is 2.69. The van der Waals surface area contributed by atoms with Gasteiger partial charge in [-0.15, -0.1) is 0 Å². The van der Waals surface area contributed by atoms with E-state index in [1.54, 1.807) is 12.1 Å². The first kappa shape index (κ1) is 14.7. The van der Waals surface area contributed by atoms with Gasteiger partial charge in [0.2, 0.25) is 0 Å². The first-order chi connectivity index (χ1) is 9.36. The average Bonchev–Trinajstić information content (AvgIpc) is 2.38. The minimum absolute atomic E-state index is 0.186. The highest BCUT2D eigenvalue weighted by Gasteiger charge is 2.30. The van der Waals surface area contributed by atoms with E-state index in [1.165, 1.54) is 18.2 Å². The summed E-state index contributed by atoms with van der Waals surface area (Å²) in [6.07, 6.45) is -4.42. The molecule has 2 aromatic rings. The maximum atomic E-state index is 12.7. The second kappa shape index (κ2) is 5.71. The molecule has 0 saturated heterocycles. The summed E-state index contributed by atoms with van der Waals surface area (Å²) in [5, 5.41) is 3.00. The zero-order chi connectivity index (χ0) is 14.8. The van der Waals surface area contributed by atoms with Gasteiger partial charge in [-0.25, -0.2) is 4.39 Å². The van der Waals surface area contributed by atoms with E-state index in [0.29, 0.717) is 0 Å². The second-order valence-corrected chi connectivity index (χ2v) is 4.58. The fourth-order valence-electron chi connectivity index (χ4n) is 1.64. The molecule has 20 heavy (non-hydrogen) atoms. The minimum atomic E-state index is -4.42.